The summed E-state index contributed by atoms with van der Waals surface area (Å²) in [6, 6.07) is 13.3. The van der Waals surface area contributed by atoms with Crippen molar-refractivity contribution in [2.24, 2.45) is 5.92 Å². The van der Waals surface area contributed by atoms with Crippen molar-refractivity contribution in [3.63, 3.8) is 0 Å². The maximum atomic E-state index is 12.3. The molecule has 0 bridgehead atoms. The van der Waals surface area contributed by atoms with E-state index < -0.39 is 0 Å². The minimum Gasteiger partial charge on any atom is -0.326 e. The second kappa shape index (κ2) is 5.70. The molecule has 1 amide bonds. The Kier molecular flexibility index (Phi) is 3.92. The summed E-state index contributed by atoms with van der Waals surface area (Å²) in [6.07, 6.45) is 0.842. The Morgan fingerprint density at radius 1 is 1.14 bits per heavy atom. The zero-order valence-electron chi connectivity index (χ0n) is 11.6. The number of anilines is 1. The van der Waals surface area contributed by atoms with Gasteiger partial charge in [-0.25, -0.2) is 0 Å². The number of carbonyl (C=O) groups is 1. The molecule has 0 unspecified atom stereocenters. The highest BCUT2D eigenvalue weighted by atomic mass is 35.5. The van der Waals surface area contributed by atoms with Gasteiger partial charge in [0.15, 0.2) is 0 Å². The van der Waals surface area contributed by atoms with E-state index in [4.69, 9.17) is 23.2 Å². The Morgan fingerprint density at radius 3 is 2.52 bits per heavy atom. The van der Waals surface area contributed by atoms with Gasteiger partial charge >= 0.3 is 0 Å². The molecule has 0 spiro atoms. The van der Waals surface area contributed by atoms with Crippen molar-refractivity contribution in [3.8, 4) is 0 Å². The Labute approximate surface area is 134 Å². The molecule has 0 heterocycles. The van der Waals surface area contributed by atoms with Crippen molar-refractivity contribution < 1.29 is 4.79 Å². The quantitative estimate of drug-likeness (QED) is 0.843. The molecule has 21 heavy (non-hydrogen) atoms. The largest absolute Gasteiger partial charge is 0.326 e. The molecule has 1 N–H and O–H groups in total. The maximum Gasteiger partial charge on any atom is 0.228 e. The normalized spacial score (nSPS) is 20.1. The second-order valence-corrected chi connectivity index (χ2v) is 6.38. The molecular formula is C17H15Cl2NO. The van der Waals surface area contributed by atoms with Crippen LogP contribution in [-0.4, -0.2) is 5.91 Å². The van der Waals surface area contributed by atoms with Gasteiger partial charge in [-0.3, -0.25) is 4.79 Å². The van der Waals surface area contributed by atoms with E-state index in [9.17, 15) is 4.79 Å². The third-order valence-corrected chi connectivity index (χ3v) is 4.16. The summed E-state index contributed by atoms with van der Waals surface area (Å²) in [6.45, 7) is 2.00. The number of carbonyl (C=O) groups excluding carboxylic acids is 1. The molecule has 0 radical (unpaired) electrons. The van der Waals surface area contributed by atoms with E-state index in [1.165, 1.54) is 0 Å². The SMILES string of the molecule is Cc1cccc(NC(=O)[C@H]2C[C@H]2c2cc(Cl)cc(Cl)c2)c1. The van der Waals surface area contributed by atoms with Crippen LogP contribution in [0.25, 0.3) is 0 Å². The fourth-order valence-corrected chi connectivity index (χ4v) is 3.14. The average molecular weight is 320 g/mol. The Bertz CT molecular complexity index is 679. The minimum absolute atomic E-state index is 0.0000422. The lowest BCUT2D eigenvalue weighted by molar-refractivity contribution is -0.117. The molecule has 0 aliphatic heterocycles. The van der Waals surface area contributed by atoms with Crippen LogP contribution in [0.15, 0.2) is 42.5 Å². The summed E-state index contributed by atoms with van der Waals surface area (Å²) in [5.74, 6) is 0.271. The van der Waals surface area contributed by atoms with E-state index in [1.54, 1.807) is 6.07 Å². The lowest BCUT2D eigenvalue weighted by atomic mass is 10.1. The molecule has 1 saturated carbocycles. The smallest absolute Gasteiger partial charge is 0.228 e. The van der Waals surface area contributed by atoms with E-state index in [1.807, 2.05) is 43.3 Å². The lowest BCUT2D eigenvalue weighted by Crippen LogP contribution is -2.14. The van der Waals surface area contributed by atoms with Crippen molar-refractivity contribution in [3.05, 3.63) is 63.6 Å². The molecule has 4 heteroatoms. The molecule has 1 aliphatic carbocycles. The highest BCUT2D eigenvalue weighted by Crippen LogP contribution is 2.49. The van der Waals surface area contributed by atoms with Gasteiger partial charge in [-0.15, -0.1) is 0 Å². The molecular weight excluding hydrogens is 305 g/mol. The monoisotopic (exact) mass is 319 g/mol. The number of benzene rings is 2. The van der Waals surface area contributed by atoms with E-state index in [0.717, 1.165) is 23.2 Å². The molecule has 1 fully saturated rings. The van der Waals surface area contributed by atoms with E-state index >= 15 is 0 Å². The highest BCUT2D eigenvalue weighted by molar-refractivity contribution is 6.34. The number of aryl methyl sites for hydroxylation is 1. The summed E-state index contributed by atoms with van der Waals surface area (Å²) in [5, 5.41) is 4.20. The van der Waals surface area contributed by atoms with E-state index in [2.05, 4.69) is 5.32 Å². The van der Waals surface area contributed by atoms with Gasteiger partial charge in [0.1, 0.15) is 0 Å². The Morgan fingerprint density at radius 2 is 1.86 bits per heavy atom. The van der Waals surface area contributed by atoms with Gasteiger partial charge in [-0.05, 0) is 60.7 Å². The van der Waals surface area contributed by atoms with Crippen molar-refractivity contribution in [1.29, 1.82) is 0 Å². The molecule has 0 aromatic heterocycles. The zero-order chi connectivity index (χ0) is 15.0. The maximum absolute atomic E-state index is 12.3. The van der Waals surface area contributed by atoms with Gasteiger partial charge in [-0.2, -0.15) is 0 Å². The zero-order valence-corrected chi connectivity index (χ0v) is 13.1. The summed E-state index contributed by atoms with van der Waals surface area (Å²) in [7, 11) is 0. The van der Waals surface area contributed by atoms with Crippen LogP contribution >= 0.6 is 23.2 Å². The third-order valence-electron chi connectivity index (χ3n) is 3.73. The number of hydrogen-bond acceptors (Lipinski definition) is 1. The van der Waals surface area contributed by atoms with Gasteiger partial charge in [-0.1, -0.05) is 35.3 Å². The Hall–Kier alpha value is -1.51. The first kappa shape index (κ1) is 14.4. The van der Waals surface area contributed by atoms with Crippen molar-refractivity contribution in [1.82, 2.24) is 0 Å². The van der Waals surface area contributed by atoms with Crippen molar-refractivity contribution >= 4 is 34.8 Å². The summed E-state index contributed by atoms with van der Waals surface area (Å²) in [4.78, 5) is 12.3. The lowest BCUT2D eigenvalue weighted by Gasteiger charge is -2.06. The molecule has 1 aliphatic rings. The first-order chi connectivity index (χ1) is 10.0. The van der Waals surface area contributed by atoms with Crippen molar-refractivity contribution in [2.75, 3.05) is 5.32 Å². The van der Waals surface area contributed by atoms with Gasteiger partial charge in [0.2, 0.25) is 5.91 Å². The number of halogens is 2. The molecule has 108 valence electrons. The third kappa shape index (κ3) is 3.39. The summed E-state index contributed by atoms with van der Waals surface area (Å²) in [5.41, 5.74) is 3.01. The van der Waals surface area contributed by atoms with Crippen LogP contribution in [0.2, 0.25) is 10.0 Å². The molecule has 2 nitrogen and oxygen atoms in total. The van der Waals surface area contributed by atoms with Crippen LogP contribution in [-0.2, 0) is 4.79 Å². The van der Waals surface area contributed by atoms with Gasteiger partial charge < -0.3 is 5.32 Å². The molecule has 0 saturated heterocycles. The number of rotatable bonds is 3. The van der Waals surface area contributed by atoms with Gasteiger partial charge in [0.25, 0.3) is 0 Å². The van der Waals surface area contributed by atoms with Crippen LogP contribution in [0.4, 0.5) is 5.69 Å². The van der Waals surface area contributed by atoms with Gasteiger partial charge in [0.05, 0.1) is 0 Å². The highest BCUT2D eigenvalue weighted by Gasteiger charge is 2.44. The van der Waals surface area contributed by atoms with Crippen LogP contribution in [0, 0.1) is 12.8 Å². The summed E-state index contributed by atoms with van der Waals surface area (Å²) >= 11 is 12.0. The first-order valence-electron chi connectivity index (χ1n) is 6.86. The van der Waals surface area contributed by atoms with Gasteiger partial charge in [0, 0.05) is 21.7 Å². The van der Waals surface area contributed by atoms with E-state index in [-0.39, 0.29) is 17.7 Å². The second-order valence-electron chi connectivity index (χ2n) is 5.51. The number of nitrogens with one attached hydrogen (secondary N) is 1. The Balaban J connectivity index is 1.68. The van der Waals surface area contributed by atoms with Crippen LogP contribution in [0.3, 0.4) is 0 Å². The fraction of sp³-hybridized carbons (Fsp3) is 0.235. The standard InChI is InChI=1S/C17H15Cl2NO/c1-10-3-2-4-14(5-10)20-17(21)16-9-15(16)11-6-12(18)8-13(19)7-11/h2-8,15-16H,9H2,1H3,(H,20,21)/t15-,16-/m0/s1. The minimum atomic E-state index is 0.0000422. The van der Waals surface area contributed by atoms with Crippen molar-refractivity contribution in [2.45, 2.75) is 19.3 Å². The topological polar surface area (TPSA) is 29.1 Å². The van der Waals surface area contributed by atoms with E-state index in [0.29, 0.717) is 10.0 Å². The summed E-state index contributed by atoms with van der Waals surface area (Å²) < 4.78 is 0. The fourth-order valence-electron chi connectivity index (χ4n) is 2.60. The molecule has 2 atom stereocenters. The number of hydrogen-bond donors (Lipinski definition) is 1. The first-order valence-corrected chi connectivity index (χ1v) is 7.62. The van der Waals surface area contributed by atoms with Crippen LogP contribution < -0.4 is 5.32 Å². The predicted octanol–water partition coefficient (Wildman–Crippen LogP) is 5.04. The molecule has 3 rings (SSSR count). The van der Waals surface area contributed by atoms with Crippen LogP contribution in [0.5, 0.6) is 0 Å². The average Bonchev–Trinajstić information content (AvgIpc) is 3.17. The predicted molar refractivity (Wildman–Crippen MR) is 87.1 cm³/mol. The molecule has 2 aromatic rings. The molecule has 2 aromatic carbocycles. The number of amides is 1. The van der Waals surface area contributed by atoms with Crippen LogP contribution in [0.1, 0.15) is 23.5 Å².